The number of thiocarbonyl (C=S) groups is 1. The van der Waals surface area contributed by atoms with Crippen molar-refractivity contribution >= 4 is 40.4 Å². The summed E-state index contributed by atoms with van der Waals surface area (Å²) in [6.45, 7) is 8.32. The van der Waals surface area contributed by atoms with Crippen molar-refractivity contribution in [3.05, 3.63) is 23.4 Å². The molecule has 1 saturated heterocycles. The molecule has 4 atom stereocenters. The van der Waals surface area contributed by atoms with E-state index in [0.717, 1.165) is 30.0 Å². The van der Waals surface area contributed by atoms with Gasteiger partial charge in [0.15, 0.2) is 6.04 Å². The van der Waals surface area contributed by atoms with Crippen molar-refractivity contribution < 1.29 is 32.3 Å². The molecular formula is C27H37F4N5O3S. The van der Waals surface area contributed by atoms with Crippen LogP contribution in [0.2, 0.25) is 0 Å². The first-order valence-corrected chi connectivity index (χ1v) is 13.7. The summed E-state index contributed by atoms with van der Waals surface area (Å²) < 4.78 is 56.7. The zero-order valence-corrected chi connectivity index (χ0v) is 24.3. The quantitative estimate of drug-likeness (QED) is 0.154. The number of carbonyl (C=O) groups is 2. The molecule has 1 aliphatic carbocycles. The topological polar surface area (TPSA) is 107 Å². The second-order valence-electron chi connectivity index (χ2n) is 11.4. The summed E-state index contributed by atoms with van der Waals surface area (Å²) in [6.07, 6.45) is -0.368. The number of anilines is 1. The molecule has 2 aliphatic rings. The average molecular weight is 588 g/mol. The van der Waals surface area contributed by atoms with E-state index in [2.05, 4.69) is 20.6 Å². The molecule has 40 heavy (non-hydrogen) atoms. The summed E-state index contributed by atoms with van der Waals surface area (Å²) in [5.41, 5.74) is -2.23. The fraction of sp³-hybridized carbons (Fsp3) is 0.667. The van der Waals surface area contributed by atoms with Gasteiger partial charge in [0.2, 0.25) is 0 Å². The van der Waals surface area contributed by atoms with Gasteiger partial charge in [-0.1, -0.05) is 12.2 Å². The number of likely N-dealkylation sites (tertiary alicyclic amines) is 1. The number of hydrogen-bond acceptors (Lipinski definition) is 7. The maximum atomic E-state index is 14.2. The van der Waals surface area contributed by atoms with E-state index in [1.807, 2.05) is 6.92 Å². The lowest BCUT2D eigenvalue weighted by atomic mass is 10.00. The summed E-state index contributed by atoms with van der Waals surface area (Å²) in [5, 5.41) is 15.8. The highest BCUT2D eigenvalue weighted by molar-refractivity contribution is 7.81. The van der Waals surface area contributed by atoms with Crippen LogP contribution in [-0.2, 0) is 9.59 Å². The zero-order chi connectivity index (χ0) is 30.2. The van der Waals surface area contributed by atoms with Crippen LogP contribution >= 0.6 is 12.2 Å². The van der Waals surface area contributed by atoms with Crippen LogP contribution in [0.4, 0.5) is 23.4 Å². The van der Waals surface area contributed by atoms with Crippen molar-refractivity contribution in [3.8, 4) is 0 Å². The molecule has 0 radical (unpaired) electrons. The summed E-state index contributed by atoms with van der Waals surface area (Å²) in [6, 6.07) is -2.10. The Hall–Kier alpha value is -2.67. The second kappa shape index (κ2) is 12.1. The fourth-order valence-corrected chi connectivity index (χ4v) is 4.78. The van der Waals surface area contributed by atoms with Gasteiger partial charge in [-0.3, -0.25) is 14.6 Å². The van der Waals surface area contributed by atoms with Crippen LogP contribution in [0.3, 0.4) is 0 Å². The lowest BCUT2D eigenvalue weighted by Crippen LogP contribution is -2.49. The number of hydrogen-bond donors (Lipinski definition) is 3. The molecule has 13 heteroatoms. The van der Waals surface area contributed by atoms with E-state index in [1.165, 1.54) is 27.7 Å². The number of rotatable bonds is 11. The monoisotopic (exact) mass is 587 g/mol. The standard InChI is InChI=1S/C27H37F4N5O3S/c1-13-10-27(30,31)12-36(13)25(38)21(34-15(3)24(37)35-16(4)26(5,6)39)22(40)19-11-32-20(9-18(19)23(28)29)33-14(2)17-7-8-17/h9,11,13-14,16-17,21,23,39H,7-8,10,12H2,1-6H3,(H,32,33)(H,35,37)/t13-,14-,16-,21?/m0/s1. The molecule has 0 aromatic carbocycles. The van der Waals surface area contributed by atoms with Gasteiger partial charge in [0.05, 0.1) is 28.8 Å². The number of halogens is 4. The minimum Gasteiger partial charge on any atom is -0.388 e. The molecule has 1 saturated carbocycles. The number of carbonyl (C=O) groups excluding carboxylic acids is 2. The van der Waals surface area contributed by atoms with E-state index in [4.69, 9.17) is 12.2 Å². The van der Waals surface area contributed by atoms with Crippen LogP contribution in [0, 0.1) is 5.92 Å². The van der Waals surface area contributed by atoms with Crippen molar-refractivity contribution in [1.82, 2.24) is 15.2 Å². The van der Waals surface area contributed by atoms with Crippen LogP contribution in [0.15, 0.2) is 17.3 Å². The zero-order valence-electron chi connectivity index (χ0n) is 23.5. The Morgan fingerprint density at radius 1 is 1.27 bits per heavy atom. The number of nitrogens with one attached hydrogen (secondary N) is 2. The fourth-order valence-electron chi connectivity index (χ4n) is 4.45. The molecule has 2 fully saturated rings. The maximum Gasteiger partial charge on any atom is 0.267 e. The first-order chi connectivity index (χ1) is 18.4. The molecule has 0 bridgehead atoms. The van der Waals surface area contributed by atoms with E-state index in [-0.39, 0.29) is 28.0 Å². The van der Waals surface area contributed by atoms with Gasteiger partial charge in [0.1, 0.15) is 5.82 Å². The molecule has 2 heterocycles. The van der Waals surface area contributed by atoms with Gasteiger partial charge in [-0.05, 0) is 66.4 Å². The lowest BCUT2D eigenvalue weighted by molar-refractivity contribution is -0.132. The molecule has 8 nitrogen and oxygen atoms in total. The summed E-state index contributed by atoms with van der Waals surface area (Å²) in [7, 11) is 0. The number of nitrogens with zero attached hydrogens (tertiary/aromatic N) is 3. The summed E-state index contributed by atoms with van der Waals surface area (Å²) >= 11 is 5.48. The van der Waals surface area contributed by atoms with Gasteiger partial charge in [0.25, 0.3) is 24.2 Å². The number of aliphatic imine (C=N–C) groups is 1. The highest BCUT2D eigenvalue weighted by atomic mass is 32.1. The van der Waals surface area contributed by atoms with E-state index >= 15 is 0 Å². The second-order valence-corrected chi connectivity index (χ2v) is 11.9. The SMILES string of the molecule is CC(=NC(C(=O)N1CC(F)(F)C[C@@H]1C)C(=S)c1cnc(N[C@@H](C)C2CC2)cc1C(F)F)C(=O)N[C@@H](C)C(C)(C)O. The third kappa shape index (κ3) is 7.74. The van der Waals surface area contributed by atoms with Crippen molar-refractivity contribution in [2.45, 2.75) is 103 Å². The van der Waals surface area contributed by atoms with Crippen molar-refractivity contribution in [3.63, 3.8) is 0 Å². The largest absolute Gasteiger partial charge is 0.388 e. The van der Waals surface area contributed by atoms with Gasteiger partial charge < -0.3 is 20.6 Å². The predicted octanol–water partition coefficient (Wildman–Crippen LogP) is 4.31. The van der Waals surface area contributed by atoms with Gasteiger partial charge in [-0.15, -0.1) is 0 Å². The van der Waals surface area contributed by atoms with E-state index < -0.39 is 66.4 Å². The van der Waals surface area contributed by atoms with Gasteiger partial charge >= 0.3 is 0 Å². The summed E-state index contributed by atoms with van der Waals surface area (Å²) in [5.74, 6) is -4.15. The van der Waals surface area contributed by atoms with E-state index in [0.29, 0.717) is 5.92 Å². The Kier molecular flexibility index (Phi) is 9.60. The molecule has 222 valence electrons. The normalized spacial score (nSPS) is 21.6. The molecule has 1 aromatic heterocycles. The smallest absolute Gasteiger partial charge is 0.267 e. The first-order valence-electron chi connectivity index (χ1n) is 13.3. The minimum absolute atomic E-state index is 0.0283. The number of pyridine rings is 1. The van der Waals surface area contributed by atoms with Gasteiger partial charge in [-0.25, -0.2) is 22.5 Å². The Morgan fingerprint density at radius 2 is 1.90 bits per heavy atom. The molecule has 3 N–H and O–H groups in total. The molecule has 0 spiro atoms. The van der Waals surface area contributed by atoms with Crippen LogP contribution in [0.5, 0.6) is 0 Å². The van der Waals surface area contributed by atoms with Crippen LogP contribution in [0.1, 0.15) is 78.4 Å². The van der Waals surface area contributed by atoms with Crippen LogP contribution in [-0.4, -0.2) is 79.6 Å². The molecular weight excluding hydrogens is 550 g/mol. The molecule has 1 unspecified atom stereocenters. The molecule has 2 amide bonds. The van der Waals surface area contributed by atoms with Gasteiger partial charge in [0, 0.05) is 35.8 Å². The minimum atomic E-state index is -3.14. The number of aliphatic hydroxyl groups is 1. The van der Waals surface area contributed by atoms with Crippen LogP contribution < -0.4 is 10.6 Å². The van der Waals surface area contributed by atoms with Gasteiger partial charge in [-0.2, -0.15) is 0 Å². The van der Waals surface area contributed by atoms with Crippen molar-refractivity contribution in [2.75, 3.05) is 11.9 Å². The third-order valence-corrected chi connectivity index (χ3v) is 7.94. The van der Waals surface area contributed by atoms with Crippen LogP contribution in [0.25, 0.3) is 0 Å². The molecule has 1 aromatic rings. The lowest BCUT2D eigenvalue weighted by Gasteiger charge is -2.27. The van der Waals surface area contributed by atoms with Crippen molar-refractivity contribution in [2.24, 2.45) is 10.9 Å². The summed E-state index contributed by atoms with van der Waals surface area (Å²) in [4.78, 5) is 35.3. The maximum absolute atomic E-state index is 14.2. The number of alkyl halides is 4. The highest BCUT2D eigenvalue weighted by Gasteiger charge is 2.47. The Balaban J connectivity index is 1.99. The molecule has 3 rings (SSSR count). The average Bonchev–Trinajstić information content (AvgIpc) is 3.65. The molecule has 1 aliphatic heterocycles. The number of amides is 2. The predicted molar refractivity (Wildman–Crippen MR) is 148 cm³/mol. The van der Waals surface area contributed by atoms with E-state index in [1.54, 1.807) is 6.92 Å². The first kappa shape index (κ1) is 31.9. The van der Waals surface area contributed by atoms with E-state index in [9.17, 15) is 32.3 Å². The Labute approximate surface area is 237 Å². The number of aromatic nitrogens is 1. The highest BCUT2D eigenvalue weighted by Crippen LogP contribution is 2.35. The Morgan fingerprint density at radius 3 is 2.40 bits per heavy atom. The van der Waals surface area contributed by atoms with Crippen molar-refractivity contribution in [1.29, 1.82) is 0 Å². The Bertz CT molecular complexity index is 1170. The third-order valence-electron chi connectivity index (χ3n) is 7.49.